The largest absolute Gasteiger partial charge is 0.243 e. The van der Waals surface area contributed by atoms with E-state index in [0.717, 1.165) is 0 Å². The fourth-order valence-corrected chi connectivity index (χ4v) is 10.4. The second kappa shape index (κ2) is 13.2. The van der Waals surface area contributed by atoms with E-state index in [1.165, 1.54) is 108 Å². The average Bonchev–Trinajstić information content (AvgIpc) is 3.29. The molecule has 0 unspecified atom stereocenters. The predicted octanol–water partition coefficient (Wildman–Crippen LogP) is 10.2. The molecule has 0 aliphatic heterocycles. The Hall–Kier alpha value is -7.15. The fraction of sp³-hybridized carbons (Fsp3) is 0. The minimum absolute atomic E-state index is 0.0142. The maximum atomic E-state index is 2.44. The van der Waals surface area contributed by atoms with Crippen molar-refractivity contribution < 1.29 is 0 Å². The van der Waals surface area contributed by atoms with Crippen LogP contribution >= 0.6 is 0 Å². The van der Waals surface area contributed by atoms with Gasteiger partial charge >= 0.3 is 0 Å². The molecule has 0 aliphatic carbocycles. The van der Waals surface area contributed by atoms with Crippen LogP contribution in [0.3, 0.4) is 0 Å². The first-order valence-electron chi connectivity index (χ1n) is 20.4. The summed E-state index contributed by atoms with van der Waals surface area (Å²) in [6.07, 6.45) is 0. The van der Waals surface area contributed by atoms with Crippen LogP contribution in [0.4, 0.5) is 0 Å². The normalized spacial score (nSPS) is 11.8. The van der Waals surface area contributed by atoms with E-state index in [4.69, 9.17) is 0 Å². The molecule has 0 aliphatic rings. The predicted molar refractivity (Wildman–Crippen MR) is 255 cm³/mol. The molecule has 0 heterocycles. The van der Waals surface area contributed by atoms with Gasteiger partial charge in [-0.15, -0.1) is 0 Å². The summed E-state index contributed by atoms with van der Waals surface area (Å²) in [7, 11) is 0. The minimum Gasteiger partial charge on any atom is -0.0663 e. The summed E-state index contributed by atoms with van der Waals surface area (Å²) >= 11 is 0. The Kier molecular flexibility index (Phi) is 7.53. The van der Waals surface area contributed by atoms with Crippen LogP contribution in [0.1, 0.15) is 0 Å². The lowest BCUT2D eigenvalue weighted by atomic mass is 9.34. The van der Waals surface area contributed by atoms with Crippen molar-refractivity contribution in [1.29, 1.82) is 0 Å². The maximum Gasteiger partial charge on any atom is 0.243 e. The molecular formula is C56H36B2. The van der Waals surface area contributed by atoms with Gasteiger partial charge in [0.1, 0.15) is 0 Å². The highest BCUT2D eigenvalue weighted by Gasteiger charge is 2.30. The second-order valence-corrected chi connectivity index (χ2v) is 15.9. The van der Waals surface area contributed by atoms with Crippen LogP contribution in [-0.4, -0.2) is 13.4 Å². The highest BCUT2D eigenvalue weighted by atomic mass is 14.2. The molecule has 12 aromatic rings. The molecule has 58 heavy (non-hydrogen) atoms. The zero-order chi connectivity index (χ0) is 38.2. The first-order valence-corrected chi connectivity index (χ1v) is 20.4. The summed E-state index contributed by atoms with van der Waals surface area (Å²) in [6, 6.07) is 81.9. The third-order valence-corrected chi connectivity index (χ3v) is 12.9. The lowest BCUT2D eigenvalue weighted by Crippen LogP contribution is -2.53. The topological polar surface area (TPSA) is 0 Å². The van der Waals surface area contributed by atoms with Crippen LogP contribution in [0.2, 0.25) is 0 Å². The van der Waals surface area contributed by atoms with E-state index >= 15 is 0 Å². The third-order valence-electron chi connectivity index (χ3n) is 12.9. The highest BCUT2D eigenvalue weighted by molar-refractivity contribution is 7.00. The Balaban J connectivity index is 1.17. The fourth-order valence-electron chi connectivity index (χ4n) is 10.4. The van der Waals surface area contributed by atoms with E-state index in [1.807, 2.05) is 0 Å². The van der Waals surface area contributed by atoms with Crippen molar-refractivity contribution in [2.24, 2.45) is 0 Å². The van der Waals surface area contributed by atoms with E-state index in [1.54, 1.807) is 0 Å². The quantitative estimate of drug-likeness (QED) is 0.118. The van der Waals surface area contributed by atoms with Crippen LogP contribution in [0.5, 0.6) is 0 Å². The van der Waals surface area contributed by atoms with Gasteiger partial charge in [-0.05, 0) is 75.4 Å². The monoisotopic (exact) mass is 730 g/mol. The van der Waals surface area contributed by atoms with Crippen LogP contribution in [0, 0.1) is 0 Å². The van der Waals surface area contributed by atoms with Crippen LogP contribution in [0.15, 0.2) is 218 Å². The molecule has 0 atom stereocenters. The van der Waals surface area contributed by atoms with Gasteiger partial charge in [0.25, 0.3) is 0 Å². The number of rotatable bonds is 6. The Morgan fingerprint density at radius 1 is 0.172 bits per heavy atom. The molecule has 0 nitrogen and oxygen atoms in total. The minimum atomic E-state index is 0.0142. The molecule has 0 aromatic heterocycles. The lowest BCUT2D eigenvalue weighted by Gasteiger charge is -2.24. The highest BCUT2D eigenvalue weighted by Crippen LogP contribution is 2.34. The van der Waals surface area contributed by atoms with Crippen molar-refractivity contribution in [3.63, 3.8) is 0 Å². The first kappa shape index (κ1) is 33.0. The summed E-state index contributed by atoms with van der Waals surface area (Å²) in [4.78, 5) is 0. The van der Waals surface area contributed by atoms with Gasteiger partial charge in [-0.3, -0.25) is 0 Å². The van der Waals surface area contributed by atoms with E-state index in [-0.39, 0.29) is 13.4 Å². The standard InChI is InChI=1S/C56H36B2/c1-5-21-43-37(13-1)17-9-25-49(43)57(50-26-10-18-38-14-2-6-22-44(38)50)53-35-31-41-29-30-42-32-36-54(48-34-33-47(53)55(41)56(42)48)58(51-27-11-19-39-15-3-7-23-45(39)51)52-28-12-20-40-16-4-8-24-46(40)52/h1-36H. The van der Waals surface area contributed by atoms with Gasteiger partial charge in [-0.1, -0.05) is 251 Å². The zero-order valence-corrected chi connectivity index (χ0v) is 31.9. The van der Waals surface area contributed by atoms with Crippen molar-refractivity contribution in [3.8, 4) is 0 Å². The van der Waals surface area contributed by atoms with Gasteiger partial charge < -0.3 is 0 Å². The third kappa shape index (κ3) is 5.05. The molecule has 0 radical (unpaired) electrons. The molecule has 0 saturated carbocycles. The summed E-state index contributed by atoms with van der Waals surface area (Å²) in [5.41, 5.74) is 7.99. The zero-order valence-electron chi connectivity index (χ0n) is 31.9. The summed E-state index contributed by atoms with van der Waals surface area (Å²) in [5.74, 6) is 0. The van der Waals surface area contributed by atoms with Crippen molar-refractivity contribution in [2.45, 2.75) is 0 Å². The van der Waals surface area contributed by atoms with Gasteiger partial charge in [0.2, 0.25) is 13.4 Å². The Labute approximate surface area is 338 Å². The Morgan fingerprint density at radius 2 is 0.431 bits per heavy atom. The summed E-state index contributed by atoms with van der Waals surface area (Å²) in [5, 5.41) is 18.1. The number of hydrogen-bond donors (Lipinski definition) is 0. The van der Waals surface area contributed by atoms with Crippen molar-refractivity contribution in [3.05, 3.63) is 218 Å². The molecule has 0 saturated heterocycles. The van der Waals surface area contributed by atoms with Gasteiger partial charge in [0, 0.05) is 0 Å². The van der Waals surface area contributed by atoms with Crippen molar-refractivity contribution in [1.82, 2.24) is 0 Å². The van der Waals surface area contributed by atoms with Crippen LogP contribution < -0.4 is 32.8 Å². The molecule has 2 heteroatoms. The van der Waals surface area contributed by atoms with E-state index < -0.39 is 0 Å². The SMILES string of the molecule is c1ccc2c(B(c3cccc4ccccc34)c3ccc4ccc5ccc(B(c6cccc7ccccc67)c6cccc7ccccc67)c6ccc3c4c56)cccc2c1. The molecule has 12 rings (SSSR count). The smallest absolute Gasteiger partial charge is 0.0663 e. The van der Waals surface area contributed by atoms with E-state index in [2.05, 4.69) is 218 Å². The molecule has 0 fully saturated rings. The summed E-state index contributed by atoms with van der Waals surface area (Å²) < 4.78 is 0. The molecule has 266 valence electrons. The first-order chi connectivity index (χ1) is 28.8. The summed E-state index contributed by atoms with van der Waals surface area (Å²) in [6.45, 7) is 0.0284. The lowest BCUT2D eigenvalue weighted by molar-refractivity contribution is 1.75. The van der Waals surface area contributed by atoms with E-state index in [0.29, 0.717) is 0 Å². The van der Waals surface area contributed by atoms with Crippen molar-refractivity contribution >= 4 is 122 Å². The number of hydrogen-bond acceptors (Lipinski definition) is 0. The molecule has 12 aromatic carbocycles. The molecule has 0 spiro atoms. The Morgan fingerprint density at radius 3 is 0.759 bits per heavy atom. The number of fused-ring (bicyclic) bond motifs is 4. The van der Waals surface area contributed by atoms with Gasteiger partial charge in [-0.25, -0.2) is 0 Å². The number of benzene rings is 12. The van der Waals surface area contributed by atoms with Crippen LogP contribution in [0.25, 0.3) is 75.4 Å². The molecule has 0 bridgehead atoms. The molecular weight excluding hydrogens is 694 g/mol. The Bertz CT molecular complexity index is 3130. The van der Waals surface area contributed by atoms with E-state index in [9.17, 15) is 0 Å². The molecule has 0 N–H and O–H groups in total. The molecule has 0 amide bonds. The maximum absolute atomic E-state index is 2.44. The van der Waals surface area contributed by atoms with Gasteiger partial charge in [0.05, 0.1) is 0 Å². The second-order valence-electron chi connectivity index (χ2n) is 15.9. The van der Waals surface area contributed by atoms with Gasteiger partial charge in [0.15, 0.2) is 0 Å². The van der Waals surface area contributed by atoms with Crippen LogP contribution in [-0.2, 0) is 0 Å². The van der Waals surface area contributed by atoms with Gasteiger partial charge in [-0.2, -0.15) is 0 Å². The average molecular weight is 731 g/mol. The van der Waals surface area contributed by atoms with Crippen molar-refractivity contribution in [2.75, 3.05) is 0 Å².